The fraction of sp³-hybridized carbons (Fsp3) is 0. The molecule has 3 heteroatoms. The lowest BCUT2D eigenvalue weighted by Gasteiger charge is -2.04. The Hall–Kier alpha value is -2.73. The lowest BCUT2D eigenvalue weighted by Crippen LogP contribution is -1.95. The van der Waals surface area contributed by atoms with Gasteiger partial charge in [-0.05, 0) is 24.3 Å². The number of aromatic nitrogens is 1. The van der Waals surface area contributed by atoms with E-state index in [-0.39, 0.29) is 0 Å². The van der Waals surface area contributed by atoms with Crippen molar-refractivity contribution in [1.82, 2.24) is 4.57 Å². The van der Waals surface area contributed by atoms with Crippen molar-refractivity contribution in [2.75, 3.05) is 5.73 Å². The van der Waals surface area contributed by atoms with Crippen LogP contribution in [-0.4, -0.2) is 4.57 Å². The highest BCUT2D eigenvalue weighted by molar-refractivity contribution is 5.88. The van der Waals surface area contributed by atoms with Gasteiger partial charge in [0.2, 0.25) is 0 Å². The average molecular weight is 233 g/mol. The van der Waals surface area contributed by atoms with Crippen molar-refractivity contribution in [2.45, 2.75) is 0 Å². The summed E-state index contributed by atoms with van der Waals surface area (Å²) in [4.78, 5) is 0. The van der Waals surface area contributed by atoms with E-state index in [1.165, 1.54) is 0 Å². The molecule has 0 unspecified atom stereocenters. The van der Waals surface area contributed by atoms with Crippen LogP contribution < -0.4 is 5.73 Å². The Labute approximate surface area is 105 Å². The lowest BCUT2D eigenvalue weighted by atomic mass is 10.2. The Morgan fingerprint density at radius 1 is 1.00 bits per heavy atom. The summed E-state index contributed by atoms with van der Waals surface area (Å²) in [6.45, 7) is 0. The number of rotatable bonds is 1. The second-order valence-corrected chi connectivity index (χ2v) is 4.14. The molecule has 0 saturated carbocycles. The highest BCUT2D eigenvalue weighted by Gasteiger charge is 2.09. The SMILES string of the molecule is N#Cc1c2ccccc2cn1-c1ccc(N)cc1. The van der Waals surface area contributed by atoms with E-state index in [2.05, 4.69) is 6.07 Å². The minimum Gasteiger partial charge on any atom is -0.399 e. The van der Waals surface area contributed by atoms with Crippen molar-refractivity contribution in [2.24, 2.45) is 0 Å². The number of hydrogen-bond acceptors (Lipinski definition) is 2. The highest BCUT2D eigenvalue weighted by Crippen LogP contribution is 2.24. The van der Waals surface area contributed by atoms with Crippen molar-refractivity contribution >= 4 is 16.5 Å². The Morgan fingerprint density at radius 2 is 1.72 bits per heavy atom. The first-order chi connectivity index (χ1) is 8.79. The van der Waals surface area contributed by atoms with E-state index in [0.29, 0.717) is 11.4 Å². The van der Waals surface area contributed by atoms with Crippen molar-refractivity contribution < 1.29 is 0 Å². The van der Waals surface area contributed by atoms with E-state index in [4.69, 9.17) is 5.73 Å². The zero-order chi connectivity index (χ0) is 12.5. The number of nitrogens with zero attached hydrogens (tertiary/aromatic N) is 2. The highest BCUT2D eigenvalue weighted by atomic mass is 15.0. The van der Waals surface area contributed by atoms with Gasteiger partial charge in [-0.2, -0.15) is 5.26 Å². The van der Waals surface area contributed by atoms with E-state index >= 15 is 0 Å². The van der Waals surface area contributed by atoms with Gasteiger partial charge in [0.1, 0.15) is 11.8 Å². The molecule has 2 N–H and O–H groups in total. The summed E-state index contributed by atoms with van der Waals surface area (Å²) < 4.78 is 1.89. The third-order valence-electron chi connectivity index (χ3n) is 3.00. The molecule has 0 radical (unpaired) electrons. The molecule has 3 aromatic rings. The summed E-state index contributed by atoms with van der Waals surface area (Å²) >= 11 is 0. The van der Waals surface area contributed by atoms with Gasteiger partial charge < -0.3 is 10.3 Å². The van der Waals surface area contributed by atoms with Crippen LogP contribution in [0.5, 0.6) is 0 Å². The first-order valence-corrected chi connectivity index (χ1v) is 5.66. The first kappa shape index (κ1) is 10.4. The van der Waals surface area contributed by atoms with E-state index < -0.39 is 0 Å². The minimum atomic E-state index is 0.648. The van der Waals surface area contributed by atoms with Crippen LogP contribution in [0.1, 0.15) is 5.69 Å². The molecule has 3 rings (SSSR count). The molecule has 86 valence electrons. The van der Waals surface area contributed by atoms with Crippen molar-refractivity contribution in [3.05, 3.63) is 60.4 Å². The molecule has 2 aromatic carbocycles. The number of nitrogen functional groups attached to an aromatic ring is 1. The van der Waals surface area contributed by atoms with Crippen LogP contribution in [0.25, 0.3) is 16.5 Å². The molecular formula is C15H11N3. The lowest BCUT2D eigenvalue weighted by molar-refractivity contribution is 1.06. The molecule has 1 heterocycles. The van der Waals surface area contributed by atoms with Gasteiger partial charge in [0.15, 0.2) is 0 Å². The van der Waals surface area contributed by atoms with Crippen molar-refractivity contribution in [1.29, 1.82) is 5.26 Å². The van der Waals surface area contributed by atoms with Gasteiger partial charge in [-0.3, -0.25) is 0 Å². The molecule has 0 fully saturated rings. The summed E-state index contributed by atoms with van der Waals surface area (Å²) in [6, 6.07) is 17.6. The fourth-order valence-electron chi connectivity index (χ4n) is 2.11. The van der Waals surface area contributed by atoms with Gasteiger partial charge >= 0.3 is 0 Å². The Morgan fingerprint density at radius 3 is 2.44 bits per heavy atom. The van der Waals surface area contributed by atoms with Crippen molar-refractivity contribution in [3.63, 3.8) is 0 Å². The third-order valence-corrected chi connectivity index (χ3v) is 3.00. The fourth-order valence-corrected chi connectivity index (χ4v) is 2.11. The van der Waals surface area contributed by atoms with Crippen LogP contribution in [-0.2, 0) is 0 Å². The second-order valence-electron chi connectivity index (χ2n) is 4.14. The summed E-state index contributed by atoms with van der Waals surface area (Å²) in [5.41, 5.74) is 7.98. The van der Waals surface area contributed by atoms with Crippen LogP contribution in [0.2, 0.25) is 0 Å². The molecule has 0 amide bonds. The monoisotopic (exact) mass is 233 g/mol. The van der Waals surface area contributed by atoms with Gasteiger partial charge in [0.05, 0.1) is 0 Å². The van der Waals surface area contributed by atoms with Gasteiger partial charge in [-0.25, -0.2) is 0 Å². The van der Waals surface area contributed by atoms with Gasteiger partial charge in [0.25, 0.3) is 0 Å². The number of hydrogen-bond donors (Lipinski definition) is 1. The Balaban J connectivity index is 2.29. The molecule has 0 spiro atoms. The van der Waals surface area contributed by atoms with E-state index in [9.17, 15) is 5.26 Å². The van der Waals surface area contributed by atoms with Crippen LogP contribution in [0.4, 0.5) is 5.69 Å². The van der Waals surface area contributed by atoms with Gasteiger partial charge in [-0.1, -0.05) is 24.3 Å². The van der Waals surface area contributed by atoms with E-state index in [0.717, 1.165) is 16.5 Å². The predicted molar refractivity (Wildman–Crippen MR) is 72.4 cm³/mol. The normalized spacial score (nSPS) is 10.4. The molecule has 0 saturated heterocycles. The summed E-state index contributed by atoms with van der Waals surface area (Å²) in [6.07, 6.45) is 1.97. The van der Waals surface area contributed by atoms with Crippen LogP contribution >= 0.6 is 0 Å². The topological polar surface area (TPSA) is 54.7 Å². The zero-order valence-corrected chi connectivity index (χ0v) is 9.67. The van der Waals surface area contributed by atoms with Crippen LogP contribution in [0.3, 0.4) is 0 Å². The number of benzene rings is 2. The smallest absolute Gasteiger partial charge is 0.132 e. The molecule has 18 heavy (non-hydrogen) atoms. The van der Waals surface area contributed by atoms with Crippen LogP contribution in [0, 0.1) is 11.3 Å². The second kappa shape index (κ2) is 3.94. The van der Waals surface area contributed by atoms with Crippen LogP contribution in [0.15, 0.2) is 54.7 Å². The summed E-state index contributed by atoms with van der Waals surface area (Å²) in [5.74, 6) is 0. The average Bonchev–Trinajstić information content (AvgIpc) is 2.78. The Kier molecular flexibility index (Phi) is 2.28. The number of nitrogens with two attached hydrogens (primary N) is 1. The number of anilines is 1. The standard InChI is InChI=1S/C15H11N3/c16-9-15-14-4-2-1-3-11(14)10-18(15)13-7-5-12(17)6-8-13/h1-8,10H,17H2. The molecule has 0 atom stereocenters. The maximum Gasteiger partial charge on any atom is 0.132 e. The number of nitriles is 1. The predicted octanol–water partition coefficient (Wildman–Crippen LogP) is 3.08. The summed E-state index contributed by atoms with van der Waals surface area (Å²) in [7, 11) is 0. The van der Waals surface area contributed by atoms with Gasteiger partial charge in [0, 0.05) is 28.3 Å². The maximum atomic E-state index is 9.33. The first-order valence-electron chi connectivity index (χ1n) is 5.66. The quantitative estimate of drug-likeness (QED) is 0.656. The van der Waals surface area contributed by atoms with E-state index in [1.54, 1.807) is 0 Å². The largest absolute Gasteiger partial charge is 0.399 e. The Bertz CT molecular complexity index is 745. The third kappa shape index (κ3) is 1.52. The van der Waals surface area contributed by atoms with E-state index in [1.807, 2.05) is 59.3 Å². The molecular weight excluding hydrogens is 222 g/mol. The molecule has 0 aliphatic carbocycles. The van der Waals surface area contributed by atoms with Crippen molar-refractivity contribution in [3.8, 4) is 11.8 Å². The molecule has 0 aliphatic heterocycles. The zero-order valence-electron chi connectivity index (χ0n) is 9.67. The van der Waals surface area contributed by atoms with Gasteiger partial charge in [-0.15, -0.1) is 0 Å². The molecule has 0 bridgehead atoms. The molecule has 3 nitrogen and oxygen atoms in total. The molecule has 1 aromatic heterocycles. The summed E-state index contributed by atoms with van der Waals surface area (Å²) in [5, 5.41) is 11.4. The minimum absolute atomic E-state index is 0.648. The molecule has 0 aliphatic rings. The maximum absolute atomic E-state index is 9.33. The number of fused-ring (bicyclic) bond motifs is 1.